The average Bonchev–Trinajstić information content (AvgIpc) is 2.74. The molecule has 0 aliphatic heterocycles. The second-order valence-corrected chi connectivity index (χ2v) is 4.64. The molecule has 0 bridgehead atoms. The number of aryl methyl sites for hydroxylation is 1. The molecular weight excluding hydrogens is 291 g/mol. The van der Waals surface area contributed by atoms with Gasteiger partial charge in [0.25, 0.3) is 5.69 Å². The number of carbonyl (C=O) groups is 1. The van der Waals surface area contributed by atoms with Crippen LogP contribution in [-0.4, -0.2) is 30.8 Å². The third kappa shape index (κ3) is 2.59. The predicted octanol–water partition coefficient (Wildman–Crippen LogP) is 1.71. The highest BCUT2D eigenvalue weighted by atomic mass is 32.2. The van der Waals surface area contributed by atoms with Crippen LogP contribution in [0.2, 0.25) is 0 Å². The van der Waals surface area contributed by atoms with Crippen molar-refractivity contribution >= 4 is 23.4 Å². The maximum Gasteiger partial charge on any atom is 0.338 e. The van der Waals surface area contributed by atoms with Crippen LogP contribution in [0.15, 0.2) is 28.5 Å². The van der Waals surface area contributed by atoms with Crippen molar-refractivity contribution in [3.63, 3.8) is 0 Å². The van der Waals surface area contributed by atoms with Crippen molar-refractivity contribution in [2.45, 2.75) is 10.1 Å². The Morgan fingerprint density at radius 3 is 2.75 bits per heavy atom. The highest BCUT2D eigenvalue weighted by Gasteiger charge is 2.23. The fraction of sp³-hybridized carbons (Fsp3) is 0.100. The first kappa shape index (κ1) is 13.9. The second kappa shape index (κ2) is 5.25. The van der Waals surface area contributed by atoms with Gasteiger partial charge < -0.3 is 5.11 Å². The lowest BCUT2D eigenvalue weighted by Crippen LogP contribution is -2.03. The molecule has 0 atom stereocenters. The monoisotopic (exact) mass is 298 g/mol. The van der Waals surface area contributed by atoms with Crippen LogP contribution in [0.4, 0.5) is 10.1 Å². The van der Waals surface area contributed by atoms with E-state index < -0.39 is 28.0 Å². The number of rotatable bonds is 4. The van der Waals surface area contributed by atoms with Gasteiger partial charge >= 0.3 is 5.97 Å². The molecule has 1 N–H and O–H groups in total. The van der Waals surface area contributed by atoms with E-state index in [1.54, 1.807) is 7.05 Å². The van der Waals surface area contributed by atoms with Gasteiger partial charge in [0.15, 0.2) is 5.16 Å². The Balaban J connectivity index is 2.52. The number of nitro benzene ring substituents is 1. The molecule has 0 saturated carbocycles. The third-order valence-corrected chi connectivity index (χ3v) is 3.45. The highest BCUT2D eigenvalue weighted by molar-refractivity contribution is 7.99. The Labute approximate surface area is 115 Å². The quantitative estimate of drug-likeness (QED) is 0.675. The number of halogens is 1. The second-order valence-electron chi connectivity index (χ2n) is 3.63. The van der Waals surface area contributed by atoms with E-state index in [2.05, 4.69) is 10.1 Å². The van der Waals surface area contributed by atoms with E-state index in [9.17, 15) is 19.3 Å². The zero-order valence-corrected chi connectivity index (χ0v) is 10.8. The minimum atomic E-state index is -1.57. The lowest BCUT2D eigenvalue weighted by molar-refractivity contribution is -0.387. The maximum absolute atomic E-state index is 13.6. The number of hydrogen-bond acceptors (Lipinski definition) is 6. The van der Waals surface area contributed by atoms with Crippen LogP contribution in [0, 0.1) is 15.9 Å². The molecule has 1 aromatic carbocycles. The van der Waals surface area contributed by atoms with E-state index in [1.165, 1.54) is 11.0 Å². The predicted molar refractivity (Wildman–Crippen MR) is 65.1 cm³/mol. The van der Waals surface area contributed by atoms with Crippen molar-refractivity contribution < 1.29 is 19.2 Å². The minimum Gasteiger partial charge on any atom is -0.478 e. The molecule has 0 spiro atoms. The Kier molecular flexibility index (Phi) is 3.66. The summed E-state index contributed by atoms with van der Waals surface area (Å²) < 4.78 is 15.0. The summed E-state index contributed by atoms with van der Waals surface area (Å²) in [7, 11) is 1.57. The maximum atomic E-state index is 13.6. The molecule has 0 radical (unpaired) electrons. The Hall–Kier alpha value is -2.49. The van der Waals surface area contributed by atoms with Crippen LogP contribution in [0.5, 0.6) is 0 Å². The molecule has 0 saturated heterocycles. The highest BCUT2D eigenvalue weighted by Crippen LogP contribution is 2.35. The van der Waals surface area contributed by atoms with E-state index >= 15 is 0 Å². The molecule has 8 nitrogen and oxygen atoms in total. The molecule has 0 fully saturated rings. The van der Waals surface area contributed by atoms with Gasteiger partial charge in [-0.2, -0.15) is 5.10 Å². The summed E-state index contributed by atoms with van der Waals surface area (Å²) in [6, 6.07) is 1.50. The summed E-state index contributed by atoms with van der Waals surface area (Å²) in [5, 5.41) is 23.8. The third-order valence-electron chi connectivity index (χ3n) is 2.35. The minimum absolute atomic E-state index is 0.0476. The van der Waals surface area contributed by atoms with Gasteiger partial charge in [-0.3, -0.25) is 10.1 Å². The van der Waals surface area contributed by atoms with Crippen molar-refractivity contribution in [3.05, 3.63) is 40.0 Å². The zero-order valence-electron chi connectivity index (χ0n) is 9.98. The van der Waals surface area contributed by atoms with Crippen molar-refractivity contribution in [3.8, 4) is 0 Å². The van der Waals surface area contributed by atoms with Crippen molar-refractivity contribution in [2.75, 3.05) is 0 Å². The number of nitrogens with zero attached hydrogens (tertiary/aromatic N) is 4. The van der Waals surface area contributed by atoms with Gasteiger partial charge in [0.1, 0.15) is 17.7 Å². The van der Waals surface area contributed by atoms with Crippen LogP contribution in [0.3, 0.4) is 0 Å². The summed E-state index contributed by atoms with van der Waals surface area (Å²) in [6.07, 6.45) is 1.25. The first-order valence-corrected chi connectivity index (χ1v) is 5.95. The number of nitro groups is 1. The normalized spacial score (nSPS) is 10.5. The summed E-state index contributed by atoms with van der Waals surface area (Å²) in [4.78, 5) is 24.8. The first-order valence-electron chi connectivity index (χ1n) is 5.13. The van der Waals surface area contributed by atoms with Gasteiger partial charge in [0, 0.05) is 13.1 Å². The Morgan fingerprint density at radius 2 is 2.25 bits per heavy atom. The fourth-order valence-corrected chi connectivity index (χ4v) is 2.28. The summed E-state index contributed by atoms with van der Waals surface area (Å²) in [6.45, 7) is 0. The van der Waals surface area contributed by atoms with E-state index in [0.717, 1.165) is 17.8 Å². The van der Waals surface area contributed by atoms with Gasteiger partial charge in [-0.1, -0.05) is 0 Å². The molecule has 10 heteroatoms. The van der Waals surface area contributed by atoms with Crippen LogP contribution in [-0.2, 0) is 7.05 Å². The lowest BCUT2D eigenvalue weighted by Gasteiger charge is -2.04. The first-order chi connectivity index (χ1) is 9.40. The largest absolute Gasteiger partial charge is 0.478 e. The molecule has 0 amide bonds. The summed E-state index contributed by atoms with van der Waals surface area (Å²) in [5.74, 6) is -2.62. The van der Waals surface area contributed by atoms with E-state index in [1.807, 2.05) is 0 Å². The van der Waals surface area contributed by atoms with Crippen LogP contribution < -0.4 is 0 Å². The van der Waals surface area contributed by atoms with Gasteiger partial charge in [-0.05, 0) is 17.8 Å². The molecule has 0 aliphatic rings. The molecular formula is C10H7FN4O4S. The number of aromatic carboxylic acids is 1. The van der Waals surface area contributed by atoms with Gasteiger partial charge in [0.05, 0.1) is 9.82 Å². The zero-order chi connectivity index (χ0) is 14.9. The molecule has 2 rings (SSSR count). The Bertz CT molecular complexity index is 703. The SMILES string of the molecule is Cn1ncnc1Sc1cc(F)c(C(=O)O)cc1[N+](=O)[O-]. The van der Waals surface area contributed by atoms with Crippen LogP contribution in [0.1, 0.15) is 10.4 Å². The Morgan fingerprint density at radius 1 is 1.55 bits per heavy atom. The van der Waals surface area contributed by atoms with E-state index in [0.29, 0.717) is 11.2 Å². The standard InChI is InChI=1S/C10H7FN4O4S/c1-14-10(12-4-13-14)20-8-3-6(11)5(9(16)17)2-7(8)15(18)19/h2-4H,1H3,(H,16,17). The van der Waals surface area contributed by atoms with Gasteiger partial charge in [-0.25, -0.2) is 18.9 Å². The van der Waals surface area contributed by atoms with Crippen LogP contribution >= 0.6 is 11.8 Å². The van der Waals surface area contributed by atoms with Crippen molar-refractivity contribution in [1.82, 2.24) is 14.8 Å². The molecule has 0 aliphatic carbocycles. The molecule has 2 aromatic rings. The van der Waals surface area contributed by atoms with Gasteiger partial charge in [0.2, 0.25) is 0 Å². The van der Waals surface area contributed by atoms with Crippen LogP contribution in [0.25, 0.3) is 0 Å². The number of aromatic nitrogens is 3. The fourth-order valence-electron chi connectivity index (χ4n) is 1.41. The van der Waals surface area contributed by atoms with Crippen molar-refractivity contribution in [1.29, 1.82) is 0 Å². The topological polar surface area (TPSA) is 111 Å². The molecule has 1 heterocycles. The summed E-state index contributed by atoms with van der Waals surface area (Å²) in [5.41, 5.74) is -1.25. The molecule has 1 aromatic heterocycles. The van der Waals surface area contributed by atoms with E-state index in [-0.39, 0.29) is 4.90 Å². The number of benzene rings is 1. The number of carboxylic acids is 1. The van der Waals surface area contributed by atoms with E-state index in [4.69, 9.17) is 5.11 Å². The molecule has 104 valence electrons. The lowest BCUT2D eigenvalue weighted by atomic mass is 10.2. The number of carboxylic acid groups (broad SMARTS) is 1. The molecule has 20 heavy (non-hydrogen) atoms. The number of hydrogen-bond donors (Lipinski definition) is 1. The molecule has 0 unspecified atom stereocenters. The van der Waals surface area contributed by atoms with Gasteiger partial charge in [-0.15, -0.1) is 0 Å². The summed E-state index contributed by atoms with van der Waals surface area (Å²) >= 11 is 0.825. The van der Waals surface area contributed by atoms with Crippen molar-refractivity contribution in [2.24, 2.45) is 7.05 Å². The smallest absolute Gasteiger partial charge is 0.338 e. The average molecular weight is 298 g/mol.